The van der Waals surface area contributed by atoms with E-state index in [2.05, 4.69) is 4.74 Å². The molecule has 2 rings (SSSR count). The average molecular weight is 262 g/mol. The molecule has 5 atom stereocenters. The molecule has 2 fully saturated rings. The molecule has 0 radical (unpaired) electrons. The lowest BCUT2D eigenvalue weighted by Crippen LogP contribution is -2.59. The Morgan fingerprint density at radius 1 is 1.22 bits per heavy atom. The van der Waals surface area contributed by atoms with Crippen molar-refractivity contribution in [3.63, 3.8) is 0 Å². The van der Waals surface area contributed by atoms with Crippen molar-refractivity contribution in [2.45, 2.75) is 50.3 Å². The molecule has 18 heavy (non-hydrogen) atoms. The maximum Gasteiger partial charge on any atom is 0.337 e. The van der Waals surface area contributed by atoms with Crippen LogP contribution in [0, 0.1) is 0 Å². The largest absolute Gasteiger partial charge is 0.467 e. The van der Waals surface area contributed by atoms with Gasteiger partial charge < -0.3 is 28.8 Å². The first-order valence-corrected chi connectivity index (χ1v) is 5.69. The van der Waals surface area contributed by atoms with Crippen LogP contribution in [-0.4, -0.2) is 61.8 Å². The molecular weight excluding hydrogens is 244 g/mol. The van der Waals surface area contributed by atoms with Crippen molar-refractivity contribution in [2.24, 2.45) is 0 Å². The SMILES string of the molecule is COC(=O)[C@H]1O[C@H](OC)[C@H]2OC(C)(C)O[C@H]2[C@@H]1O. The zero-order valence-electron chi connectivity index (χ0n) is 10.8. The Labute approximate surface area is 105 Å². The summed E-state index contributed by atoms with van der Waals surface area (Å²) in [5, 5.41) is 10.1. The van der Waals surface area contributed by atoms with E-state index >= 15 is 0 Å². The van der Waals surface area contributed by atoms with Gasteiger partial charge in [-0.3, -0.25) is 0 Å². The molecule has 0 bridgehead atoms. The second-order valence-corrected chi connectivity index (χ2v) is 4.74. The lowest BCUT2D eigenvalue weighted by molar-refractivity contribution is -0.267. The number of hydrogen-bond acceptors (Lipinski definition) is 7. The fraction of sp³-hybridized carbons (Fsp3) is 0.909. The molecule has 0 aromatic carbocycles. The van der Waals surface area contributed by atoms with Crippen molar-refractivity contribution < 1.29 is 33.6 Å². The number of aliphatic hydroxyl groups excluding tert-OH is 1. The van der Waals surface area contributed by atoms with Gasteiger partial charge in [0.1, 0.15) is 18.3 Å². The van der Waals surface area contributed by atoms with E-state index in [1.54, 1.807) is 13.8 Å². The Morgan fingerprint density at radius 3 is 2.39 bits per heavy atom. The molecule has 1 N–H and O–H groups in total. The van der Waals surface area contributed by atoms with Crippen LogP contribution >= 0.6 is 0 Å². The number of hydrogen-bond donors (Lipinski definition) is 1. The van der Waals surface area contributed by atoms with E-state index in [4.69, 9.17) is 18.9 Å². The normalized spacial score (nSPS) is 42.4. The number of carbonyl (C=O) groups excluding carboxylic acids is 1. The average Bonchev–Trinajstić information content (AvgIpc) is 2.65. The monoisotopic (exact) mass is 262 g/mol. The predicted molar refractivity (Wildman–Crippen MR) is 57.5 cm³/mol. The quantitative estimate of drug-likeness (QED) is 0.666. The molecule has 0 unspecified atom stereocenters. The van der Waals surface area contributed by atoms with E-state index in [1.165, 1.54) is 14.2 Å². The zero-order chi connectivity index (χ0) is 13.5. The molecule has 2 aliphatic rings. The second-order valence-electron chi connectivity index (χ2n) is 4.74. The van der Waals surface area contributed by atoms with Gasteiger partial charge in [-0.1, -0.05) is 0 Å². The van der Waals surface area contributed by atoms with Gasteiger partial charge in [0.05, 0.1) is 7.11 Å². The molecule has 0 saturated carbocycles. The van der Waals surface area contributed by atoms with Gasteiger partial charge in [0.2, 0.25) is 0 Å². The van der Waals surface area contributed by atoms with Gasteiger partial charge in [0.25, 0.3) is 0 Å². The van der Waals surface area contributed by atoms with Crippen molar-refractivity contribution in [2.75, 3.05) is 14.2 Å². The summed E-state index contributed by atoms with van der Waals surface area (Å²) in [6.45, 7) is 3.44. The molecular formula is C11H18O7. The number of fused-ring (bicyclic) bond motifs is 1. The Hall–Kier alpha value is -0.730. The van der Waals surface area contributed by atoms with Crippen LogP contribution in [0.2, 0.25) is 0 Å². The minimum atomic E-state index is -1.16. The van der Waals surface area contributed by atoms with Crippen molar-refractivity contribution in [1.82, 2.24) is 0 Å². The number of esters is 1. The summed E-state index contributed by atoms with van der Waals surface area (Å²) in [6.07, 6.45) is -4.36. The number of ether oxygens (including phenoxy) is 5. The number of rotatable bonds is 2. The number of carbonyl (C=O) groups is 1. The minimum absolute atomic E-state index is 0.582. The molecule has 7 nitrogen and oxygen atoms in total. The molecule has 2 heterocycles. The molecule has 0 aliphatic carbocycles. The van der Waals surface area contributed by atoms with E-state index in [9.17, 15) is 9.90 Å². The maximum absolute atomic E-state index is 11.5. The van der Waals surface area contributed by atoms with Crippen LogP contribution in [0.25, 0.3) is 0 Å². The van der Waals surface area contributed by atoms with E-state index in [0.717, 1.165) is 0 Å². The smallest absolute Gasteiger partial charge is 0.337 e. The summed E-state index contributed by atoms with van der Waals surface area (Å²) in [5.74, 6) is -1.53. The van der Waals surface area contributed by atoms with Crippen molar-refractivity contribution in [3.8, 4) is 0 Å². The third-order valence-corrected chi connectivity index (χ3v) is 3.03. The highest BCUT2D eigenvalue weighted by Crippen LogP contribution is 2.37. The van der Waals surface area contributed by atoms with E-state index in [1.807, 2.05) is 0 Å². The third-order valence-electron chi connectivity index (χ3n) is 3.03. The fourth-order valence-electron chi connectivity index (χ4n) is 2.27. The zero-order valence-corrected chi connectivity index (χ0v) is 10.8. The van der Waals surface area contributed by atoms with Gasteiger partial charge >= 0.3 is 5.97 Å². The molecule has 0 aromatic rings. The van der Waals surface area contributed by atoms with Crippen molar-refractivity contribution >= 4 is 5.97 Å². The molecule has 0 spiro atoms. The van der Waals surface area contributed by atoms with E-state index < -0.39 is 42.5 Å². The van der Waals surface area contributed by atoms with Crippen LogP contribution < -0.4 is 0 Å². The van der Waals surface area contributed by atoms with Gasteiger partial charge in [0.15, 0.2) is 18.2 Å². The summed E-state index contributed by atoms with van der Waals surface area (Å²) in [7, 11) is 2.66. The molecule has 2 aliphatic heterocycles. The Balaban J connectivity index is 2.21. The predicted octanol–water partition coefficient (Wildman–Crippen LogP) is -0.588. The minimum Gasteiger partial charge on any atom is -0.467 e. The standard InChI is InChI=1S/C11H18O7/c1-11(2)17-6-5(12)7(9(13)14-3)16-10(15-4)8(6)18-11/h5-8,10,12H,1-4H3/t5-,6-,7-,8-,10-/m0/s1. The highest BCUT2D eigenvalue weighted by atomic mass is 16.8. The topological polar surface area (TPSA) is 83.5 Å². The highest BCUT2D eigenvalue weighted by molar-refractivity contribution is 5.75. The van der Waals surface area contributed by atoms with Crippen LogP contribution in [0.15, 0.2) is 0 Å². The van der Waals surface area contributed by atoms with Crippen molar-refractivity contribution in [1.29, 1.82) is 0 Å². The van der Waals surface area contributed by atoms with Crippen LogP contribution in [0.1, 0.15) is 13.8 Å². The summed E-state index contributed by atoms with van der Waals surface area (Å²) < 4.78 is 26.2. The lowest BCUT2D eigenvalue weighted by atomic mass is 9.99. The number of aliphatic hydroxyl groups is 1. The van der Waals surface area contributed by atoms with Gasteiger partial charge in [-0.2, -0.15) is 0 Å². The first kappa shape index (κ1) is 13.7. The first-order chi connectivity index (χ1) is 8.39. The van der Waals surface area contributed by atoms with Crippen LogP contribution in [0.4, 0.5) is 0 Å². The van der Waals surface area contributed by atoms with Gasteiger partial charge in [0, 0.05) is 7.11 Å². The van der Waals surface area contributed by atoms with Crippen LogP contribution in [0.5, 0.6) is 0 Å². The molecule has 0 amide bonds. The lowest BCUT2D eigenvalue weighted by Gasteiger charge is -2.37. The maximum atomic E-state index is 11.5. The number of methoxy groups -OCH3 is 2. The fourth-order valence-corrected chi connectivity index (χ4v) is 2.27. The molecule has 2 saturated heterocycles. The van der Waals surface area contributed by atoms with E-state index in [0.29, 0.717) is 0 Å². The molecule has 104 valence electrons. The molecule has 0 aromatic heterocycles. The Morgan fingerprint density at radius 2 is 1.83 bits per heavy atom. The van der Waals surface area contributed by atoms with Crippen LogP contribution in [0.3, 0.4) is 0 Å². The molecule has 7 heteroatoms. The van der Waals surface area contributed by atoms with Crippen molar-refractivity contribution in [3.05, 3.63) is 0 Å². The van der Waals surface area contributed by atoms with Crippen LogP contribution in [-0.2, 0) is 28.5 Å². The summed E-state index contributed by atoms with van der Waals surface area (Å²) >= 11 is 0. The Kier molecular flexibility index (Phi) is 3.61. The summed E-state index contributed by atoms with van der Waals surface area (Å²) in [6, 6.07) is 0. The summed E-state index contributed by atoms with van der Waals surface area (Å²) in [5.41, 5.74) is 0. The first-order valence-electron chi connectivity index (χ1n) is 5.69. The second kappa shape index (κ2) is 4.75. The third kappa shape index (κ3) is 2.24. The highest BCUT2D eigenvalue weighted by Gasteiger charge is 2.57. The van der Waals surface area contributed by atoms with Gasteiger partial charge in [-0.15, -0.1) is 0 Å². The van der Waals surface area contributed by atoms with E-state index in [-0.39, 0.29) is 0 Å². The van der Waals surface area contributed by atoms with Gasteiger partial charge in [-0.05, 0) is 13.8 Å². The Bertz CT molecular complexity index is 329. The van der Waals surface area contributed by atoms with Gasteiger partial charge in [-0.25, -0.2) is 4.79 Å². The summed E-state index contributed by atoms with van der Waals surface area (Å²) in [4.78, 5) is 11.5.